The third kappa shape index (κ3) is 28.5. The van der Waals surface area contributed by atoms with Gasteiger partial charge in [-0.3, -0.25) is 9.59 Å². The van der Waals surface area contributed by atoms with Gasteiger partial charge in [-0.1, -0.05) is 27.7 Å². The van der Waals surface area contributed by atoms with Gasteiger partial charge >= 0.3 is 0 Å². The first-order chi connectivity index (χ1) is 19.3. The fourth-order valence-electron chi connectivity index (χ4n) is 3.24. The number of carbonyl (C=O) groups is 2. The van der Waals surface area contributed by atoms with E-state index < -0.39 is 6.04 Å². The minimum absolute atomic E-state index is 0.00548. The van der Waals surface area contributed by atoms with E-state index in [9.17, 15) is 9.59 Å². The van der Waals surface area contributed by atoms with Crippen molar-refractivity contribution in [3.05, 3.63) is 0 Å². The van der Waals surface area contributed by atoms with Gasteiger partial charge in [-0.25, -0.2) is 0 Å². The lowest BCUT2D eigenvalue weighted by Gasteiger charge is -2.12. The van der Waals surface area contributed by atoms with Crippen molar-refractivity contribution in [1.29, 1.82) is 0 Å². The van der Waals surface area contributed by atoms with Crippen molar-refractivity contribution in [3.8, 4) is 0 Å². The molecule has 0 aliphatic rings. The molecule has 238 valence electrons. The number of nitrogens with two attached hydrogens (primary N) is 1. The Bertz CT molecular complexity index is 577. The van der Waals surface area contributed by atoms with Gasteiger partial charge < -0.3 is 43.6 Å². The SMILES string of the molecule is CC(C)COCCOCCOCCOCCOCCOCCOCCOCCCC(=O)CC[C@H](N)C(=O)C(C)C. The van der Waals surface area contributed by atoms with E-state index in [0.29, 0.717) is 131 Å². The molecule has 0 fully saturated rings. The molecule has 0 amide bonds. The maximum Gasteiger partial charge on any atom is 0.152 e. The van der Waals surface area contributed by atoms with E-state index in [2.05, 4.69) is 13.8 Å². The van der Waals surface area contributed by atoms with Gasteiger partial charge in [0.25, 0.3) is 0 Å². The zero-order valence-electron chi connectivity index (χ0n) is 25.5. The van der Waals surface area contributed by atoms with Gasteiger partial charge in [0.15, 0.2) is 5.78 Å². The summed E-state index contributed by atoms with van der Waals surface area (Å²) in [7, 11) is 0. The molecule has 0 heterocycles. The molecule has 11 heteroatoms. The van der Waals surface area contributed by atoms with Crippen LogP contribution < -0.4 is 5.73 Å². The highest BCUT2D eigenvalue weighted by Crippen LogP contribution is 2.06. The van der Waals surface area contributed by atoms with E-state index >= 15 is 0 Å². The van der Waals surface area contributed by atoms with E-state index in [0.717, 1.165) is 6.61 Å². The van der Waals surface area contributed by atoms with Crippen molar-refractivity contribution in [2.45, 2.75) is 59.4 Å². The maximum absolute atomic E-state index is 11.9. The highest BCUT2D eigenvalue weighted by Gasteiger charge is 2.17. The standard InChI is InChI=1S/C29H57NO10/c1-25(2)24-40-23-22-39-21-20-38-19-18-37-17-16-36-15-14-35-13-12-34-11-10-33-9-5-6-27(31)7-8-28(30)29(32)26(3)4/h25-26,28H,5-24,30H2,1-4H3/t28-/m0/s1. The van der Waals surface area contributed by atoms with Crippen LogP contribution in [0, 0.1) is 11.8 Å². The Morgan fingerprint density at radius 3 is 1.23 bits per heavy atom. The molecule has 0 aromatic heterocycles. The summed E-state index contributed by atoms with van der Waals surface area (Å²) in [5.41, 5.74) is 5.82. The van der Waals surface area contributed by atoms with E-state index in [-0.39, 0.29) is 17.5 Å². The van der Waals surface area contributed by atoms with Crippen LogP contribution in [0.2, 0.25) is 0 Å². The van der Waals surface area contributed by atoms with Crippen LogP contribution >= 0.6 is 0 Å². The minimum atomic E-state index is -0.549. The first-order valence-corrected chi connectivity index (χ1v) is 14.8. The van der Waals surface area contributed by atoms with E-state index in [1.54, 1.807) is 0 Å². The van der Waals surface area contributed by atoms with Crippen molar-refractivity contribution < 1.29 is 47.5 Å². The zero-order chi connectivity index (χ0) is 29.7. The van der Waals surface area contributed by atoms with Gasteiger partial charge in [-0.15, -0.1) is 0 Å². The van der Waals surface area contributed by atoms with E-state index in [4.69, 9.17) is 43.6 Å². The molecule has 40 heavy (non-hydrogen) atoms. The number of ether oxygens (including phenoxy) is 8. The summed E-state index contributed by atoms with van der Waals surface area (Å²) in [4.78, 5) is 23.6. The van der Waals surface area contributed by atoms with Gasteiger partial charge in [0.1, 0.15) is 5.78 Å². The molecule has 0 spiro atoms. The van der Waals surface area contributed by atoms with Crippen molar-refractivity contribution >= 4 is 11.6 Å². The highest BCUT2D eigenvalue weighted by atomic mass is 16.6. The summed E-state index contributed by atoms with van der Waals surface area (Å²) >= 11 is 0. The topological polar surface area (TPSA) is 134 Å². The molecule has 0 bridgehead atoms. The Morgan fingerprint density at radius 2 is 0.875 bits per heavy atom. The fraction of sp³-hybridized carbons (Fsp3) is 0.931. The molecule has 0 rings (SSSR count). The summed E-state index contributed by atoms with van der Waals surface area (Å²) in [5.74, 6) is 0.560. The average Bonchev–Trinajstić information content (AvgIpc) is 2.92. The second-order valence-corrected chi connectivity index (χ2v) is 10.1. The molecule has 0 aromatic carbocycles. The smallest absolute Gasteiger partial charge is 0.152 e. The first-order valence-electron chi connectivity index (χ1n) is 14.8. The second kappa shape index (κ2) is 29.5. The van der Waals surface area contributed by atoms with Crippen molar-refractivity contribution in [3.63, 3.8) is 0 Å². The predicted molar refractivity (Wildman–Crippen MR) is 153 cm³/mol. The van der Waals surface area contributed by atoms with Crippen LogP contribution in [-0.2, 0) is 47.5 Å². The lowest BCUT2D eigenvalue weighted by atomic mass is 9.97. The molecular weight excluding hydrogens is 522 g/mol. The zero-order valence-corrected chi connectivity index (χ0v) is 25.5. The van der Waals surface area contributed by atoms with E-state index in [1.807, 2.05) is 13.8 Å². The summed E-state index contributed by atoms with van der Waals surface area (Å²) in [5, 5.41) is 0. The molecule has 0 aromatic rings. The summed E-state index contributed by atoms with van der Waals surface area (Å²) in [6.07, 6.45) is 1.84. The van der Waals surface area contributed by atoms with Gasteiger partial charge in [0.2, 0.25) is 0 Å². The van der Waals surface area contributed by atoms with Crippen molar-refractivity contribution in [2.75, 3.05) is 106 Å². The quantitative estimate of drug-likeness (QED) is 0.118. The van der Waals surface area contributed by atoms with Gasteiger partial charge in [-0.05, 0) is 18.8 Å². The summed E-state index contributed by atoms with van der Waals surface area (Å²) in [6.45, 7) is 16.4. The van der Waals surface area contributed by atoms with Crippen LogP contribution in [0.3, 0.4) is 0 Å². The molecule has 0 saturated carbocycles. The Hall–Kier alpha value is -1.02. The molecule has 1 atom stereocenters. The molecule has 0 aliphatic carbocycles. The van der Waals surface area contributed by atoms with Crippen LogP contribution in [0.25, 0.3) is 0 Å². The molecular formula is C29H57NO10. The average molecular weight is 580 g/mol. The Balaban J connectivity index is 3.19. The minimum Gasteiger partial charge on any atom is -0.379 e. The molecule has 0 radical (unpaired) electrons. The molecule has 11 nitrogen and oxygen atoms in total. The van der Waals surface area contributed by atoms with Gasteiger partial charge in [0, 0.05) is 32.0 Å². The number of hydrogen-bond acceptors (Lipinski definition) is 11. The monoisotopic (exact) mass is 579 g/mol. The number of Topliss-reactive ketones (excluding diaryl/α,β-unsaturated/α-hetero) is 2. The van der Waals surface area contributed by atoms with Crippen LogP contribution in [-0.4, -0.2) is 123 Å². The lowest BCUT2D eigenvalue weighted by molar-refractivity contribution is -0.123. The molecule has 0 aliphatic heterocycles. The number of ketones is 2. The predicted octanol–water partition coefficient (Wildman–Crippen LogP) is 2.46. The molecule has 2 N–H and O–H groups in total. The van der Waals surface area contributed by atoms with Crippen LogP contribution in [0.1, 0.15) is 53.4 Å². The molecule has 0 saturated heterocycles. The largest absolute Gasteiger partial charge is 0.379 e. The summed E-state index contributed by atoms with van der Waals surface area (Å²) < 4.78 is 43.6. The fourth-order valence-corrected chi connectivity index (χ4v) is 3.24. The van der Waals surface area contributed by atoms with Crippen LogP contribution in [0.5, 0.6) is 0 Å². The van der Waals surface area contributed by atoms with Crippen LogP contribution in [0.4, 0.5) is 0 Å². The van der Waals surface area contributed by atoms with Gasteiger partial charge in [0.05, 0.1) is 98.5 Å². The number of rotatable bonds is 32. The van der Waals surface area contributed by atoms with Crippen LogP contribution in [0.15, 0.2) is 0 Å². The summed E-state index contributed by atoms with van der Waals surface area (Å²) in [6, 6.07) is -0.549. The third-order valence-electron chi connectivity index (χ3n) is 5.47. The maximum atomic E-state index is 11.9. The third-order valence-corrected chi connectivity index (χ3v) is 5.47. The number of carbonyl (C=O) groups excluding carboxylic acids is 2. The van der Waals surface area contributed by atoms with Gasteiger partial charge in [-0.2, -0.15) is 0 Å². The van der Waals surface area contributed by atoms with Crippen molar-refractivity contribution in [2.24, 2.45) is 17.6 Å². The Morgan fingerprint density at radius 1 is 0.525 bits per heavy atom. The normalized spacial score (nSPS) is 12.5. The highest BCUT2D eigenvalue weighted by molar-refractivity contribution is 5.86. The van der Waals surface area contributed by atoms with Crippen molar-refractivity contribution in [1.82, 2.24) is 0 Å². The Labute approximate surface area is 242 Å². The van der Waals surface area contributed by atoms with E-state index in [1.165, 1.54) is 0 Å². The Kier molecular flexibility index (Phi) is 28.7. The second-order valence-electron chi connectivity index (χ2n) is 10.1. The first kappa shape index (κ1) is 39.0. The number of hydrogen-bond donors (Lipinski definition) is 1. The molecule has 0 unspecified atom stereocenters. The lowest BCUT2D eigenvalue weighted by Crippen LogP contribution is -2.34.